The SMILES string of the molecule is CNc1ccncc1C(=O)N1CCOCC1CO. The van der Waals surface area contributed by atoms with Gasteiger partial charge in [-0.15, -0.1) is 0 Å². The summed E-state index contributed by atoms with van der Waals surface area (Å²) in [6, 6.07) is 1.47. The maximum Gasteiger partial charge on any atom is 0.258 e. The molecule has 1 saturated heterocycles. The van der Waals surface area contributed by atoms with Crippen molar-refractivity contribution in [3.05, 3.63) is 24.0 Å². The molecule has 0 radical (unpaired) electrons. The molecule has 1 aromatic heterocycles. The summed E-state index contributed by atoms with van der Waals surface area (Å²) in [7, 11) is 1.76. The van der Waals surface area contributed by atoms with Crippen LogP contribution in [0.2, 0.25) is 0 Å². The topological polar surface area (TPSA) is 74.7 Å². The van der Waals surface area contributed by atoms with Gasteiger partial charge in [0.2, 0.25) is 0 Å². The highest BCUT2D eigenvalue weighted by Crippen LogP contribution is 2.18. The first-order valence-corrected chi connectivity index (χ1v) is 5.89. The highest BCUT2D eigenvalue weighted by molar-refractivity contribution is 5.99. The van der Waals surface area contributed by atoms with Crippen LogP contribution in [-0.4, -0.2) is 60.4 Å². The van der Waals surface area contributed by atoms with Crippen LogP contribution in [0.15, 0.2) is 18.5 Å². The van der Waals surface area contributed by atoms with Crippen LogP contribution >= 0.6 is 0 Å². The minimum atomic E-state index is -0.281. The fourth-order valence-corrected chi connectivity index (χ4v) is 2.01. The Morgan fingerprint density at radius 3 is 3.28 bits per heavy atom. The third-order valence-electron chi connectivity index (χ3n) is 3.02. The van der Waals surface area contributed by atoms with Gasteiger partial charge in [0.1, 0.15) is 0 Å². The lowest BCUT2D eigenvalue weighted by molar-refractivity contribution is -0.0183. The second kappa shape index (κ2) is 5.79. The van der Waals surface area contributed by atoms with Crippen molar-refractivity contribution in [1.29, 1.82) is 0 Å². The summed E-state index contributed by atoms with van der Waals surface area (Å²) >= 11 is 0. The van der Waals surface area contributed by atoms with Crippen molar-refractivity contribution in [3.63, 3.8) is 0 Å². The van der Waals surface area contributed by atoms with Gasteiger partial charge >= 0.3 is 0 Å². The zero-order valence-corrected chi connectivity index (χ0v) is 10.3. The number of pyridine rings is 1. The van der Waals surface area contributed by atoms with Crippen LogP contribution < -0.4 is 5.32 Å². The average Bonchev–Trinajstić information content (AvgIpc) is 2.46. The molecule has 2 N–H and O–H groups in total. The summed E-state index contributed by atoms with van der Waals surface area (Å²) in [6.45, 7) is 1.26. The van der Waals surface area contributed by atoms with E-state index in [4.69, 9.17) is 4.74 Å². The molecule has 1 aromatic rings. The molecule has 2 heterocycles. The molecule has 1 amide bonds. The zero-order chi connectivity index (χ0) is 13.0. The maximum absolute atomic E-state index is 12.4. The number of aliphatic hydroxyl groups is 1. The fraction of sp³-hybridized carbons (Fsp3) is 0.500. The third-order valence-corrected chi connectivity index (χ3v) is 3.02. The molecular formula is C12H17N3O3. The van der Waals surface area contributed by atoms with E-state index < -0.39 is 0 Å². The number of carbonyl (C=O) groups is 1. The van der Waals surface area contributed by atoms with Gasteiger partial charge in [-0.1, -0.05) is 0 Å². The summed E-state index contributed by atoms with van der Waals surface area (Å²) in [6.07, 6.45) is 3.17. The number of aromatic nitrogens is 1. The van der Waals surface area contributed by atoms with E-state index in [9.17, 15) is 9.90 Å². The van der Waals surface area contributed by atoms with Crippen molar-refractivity contribution >= 4 is 11.6 Å². The Hall–Kier alpha value is -1.66. The standard InChI is InChI=1S/C12H17N3O3/c1-13-11-2-3-14-6-10(11)12(17)15-4-5-18-8-9(15)7-16/h2-3,6,9,16H,4-5,7-8H2,1H3,(H,13,14). The molecule has 0 saturated carbocycles. The van der Waals surface area contributed by atoms with E-state index in [-0.39, 0.29) is 18.6 Å². The predicted octanol–water partition coefficient (Wildman–Crippen LogP) is -0.0434. The summed E-state index contributed by atoms with van der Waals surface area (Å²) in [4.78, 5) is 18.0. The van der Waals surface area contributed by atoms with Crippen LogP contribution in [0.5, 0.6) is 0 Å². The number of nitrogens with zero attached hydrogens (tertiary/aromatic N) is 2. The number of anilines is 1. The Labute approximate surface area is 106 Å². The molecule has 1 unspecified atom stereocenters. The molecule has 18 heavy (non-hydrogen) atoms. The summed E-state index contributed by atoms with van der Waals surface area (Å²) in [5.41, 5.74) is 1.25. The number of hydrogen-bond donors (Lipinski definition) is 2. The van der Waals surface area contributed by atoms with Crippen LogP contribution in [0.3, 0.4) is 0 Å². The minimum Gasteiger partial charge on any atom is -0.394 e. The van der Waals surface area contributed by atoms with E-state index in [1.807, 2.05) is 0 Å². The van der Waals surface area contributed by atoms with Gasteiger partial charge < -0.3 is 20.1 Å². The Balaban J connectivity index is 2.24. The fourth-order valence-electron chi connectivity index (χ4n) is 2.01. The summed E-state index contributed by atoms with van der Waals surface area (Å²) < 4.78 is 5.26. The van der Waals surface area contributed by atoms with Crippen molar-refractivity contribution in [2.75, 3.05) is 38.7 Å². The van der Waals surface area contributed by atoms with Gasteiger partial charge in [0.25, 0.3) is 5.91 Å². The quantitative estimate of drug-likeness (QED) is 0.788. The van der Waals surface area contributed by atoms with Gasteiger partial charge in [0.05, 0.1) is 31.4 Å². The second-order valence-corrected chi connectivity index (χ2v) is 4.08. The molecule has 1 fully saturated rings. The van der Waals surface area contributed by atoms with Crippen LogP contribution in [0.25, 0.3) is 0 Å². The third kappa shape index (κ3) is 2.44. The highest BCUT2D eigenvalue weighted by Gasteiger charge is 2.28. The normalized spacial score (nSPS) is 19.7. The zero-order valence-electron chi connectivity index (χ0n) is 10.3. The molecule has 98 valence electrons. The van der Waals surface area contributed by atoms with Crippen LogP contribution in [0, 0.1) is 0 Å². The number of nitrogens with one attached hydrogen (secondary N) is 1. The van der Waals surface area contributed by atoms with Crippen molar-refractivity contribution in [2.45, 2.75) is 6.04 Å². The largest absolute Gasteiger partial charge is 0.394 e. The maximum atomic E-state index is 12.4. The number of aliphatic hydroxyl groups excluding tert-OH is 1. The van der Waals surface area contributed by atoms with Crippen LogP contribution in [0.1, 0.15) is 10.4 Å². The summed E-state index contributed by atoms with van der Waals surface area (Å²) in [5.74, 6) is -0.130. The van der Waals surface area contributed by atoms with Gasteiger partial charge in [-0.05, 0) is 6.07 Å². The van der Waals surface area contributed by atoms with E-state index in [1.165, 1.54) is 6.20 Å². The number of hydrogen-bond acceptors (Lipinski definition) is 5. The molecule has 1 aliphatic heterocycles. The van der Waals surface area contributed by atoms with Gasteiger partial charge in [-0.2, -0.15) is 0 Å². The Bertz CT molecular complexity index is 425. The van der Waals surface area contributed by atoms with Crippen molar-refractivity contribution < 1.29 is 14.6 Å². The smallest absolute Gasteiger partial charge is 0.258 e. The molecule has 0 aliphatic carbocycles. The molecule has 6 nitrogen and oxygen atoms in total. The minimum absolute atomic E-state index is 0.0963. The van der Waals surface area contributed by atoms with E-state index >= 15 is 0 Å². The van der Waals surface area contributed by atoms with E-state index in [2.05, 4.69) is 10.3 Å². The molecule has 1 aliphatic rings. The lowest BCUT2D eigenvalue weighted by Gasteiger charge is -2.34. The molecule has 0 spiro atoms. The Kier molecular flexibility index (Phi) is 4.11. The van der Waals surface area contributed by atoms with E-state index in [1.54, 1.807) is 24.2 Å². The number of morpholine rings is 1. The van der Waals surface area contributed by atoms with Crippen molar-refractivity contribution in [2.24, 2.45) is 0 Å². The Morgan fingerprint density at radius 1 is 1.72 bits per heavy atom. The van der Waals surface area contributed by atoms with Crippen LogP contribution in [0.4, 0.5) is 5.69 Å². The van der Waals surface area contributed by atoms with Gasteiger partial charge in [0.15, 0.2) is 0 Å². The highest BCUT2D eigenvalue weighted by atomic mass is 16.5. The number of carbonyl (C=O) groups excluding carboxylic acids is 1. The molecule has 1 atom stereocenters. The first kappa shape index (κ1) is 12.8. The predicted molar refractivity (Wildman–Crippen MR) is 66.5 cm³/mol. The van der Waals surface area contributed by atoms with Gasteiger partial charge in [-0.3, -0.25) is 9.78 Å². The second-order valence-electron chi connectivity index (χ2n) is 4.08. The Morgan fingerprint density at radius 2 is 2.56 bits per heavy atom. The average molecular weight is 251 g/mol. The monoisotopic (exact) mass is 251 g/mol. The molecule has 6 heteroatoms. The molecule has 0 bridgehead atoms. The lowest BCUT2D eigenvalue weighted by Crippen LogP contribution is -2.50. The number of ether oxygens (including phenoxy) is 1. The van der Waals surface area contributed by atoms with Crippen molar-refractivity contribution in [1.82, 2.24) is 9.88 Å². The van der Waals surface area contributed by atoms with Gasteiger partial charge in [-0.25, -0.2) is 0 Å². The van der Waals surface area contributed by atoms with E-state index in [0.29, 0.717) is 25.3 Å². The van der Waals surface area contributed by atoms with Crippen molar-refractivity contribution in [3.8, 4) is 0 Å². The first-order valence-electron chi connectivity index (χ1n) is 5.89. The first-order chi connectivity index (χ1) is 8.77. The number of rotatable bonds is 3. The summed E-state index contributed by atoms with van der Waals surface area (Å²) in [5, 5.41) is 12.2. The molecular weight excluding hydrogens is 234 g/mol. The molecule has 0 aromatic carbocycles. The van der Waals surface area contributed by atoms with E-state index in [0.717, 1.165) is 5.69 Å². The van der Waals surface area contributed by atoms with Crippen LogP contribution in [-0.2, 0) is 4.74 Å². The molecule has 2 rings (SSSR count). The van der Waals surface area contributed by atoms with Gasteiger partial charge in [0, 0.05) is 31.7 Å². The number of amides is 1. The lowest BCUT2D eigenvalue weighted by atomic mass is 10.1.